The fourth-order valence-electron chi connectivity index (χ4n) is 3.80. The quantitative estimate of drug-likeness (QED) is 0.793. The topological polar surface area (TPSA) is 93.1 Å². The van der Waals surface area contributed by atoms with E-state index in [0.29, 0.717) is 0 Å². The van der Waals surface area contributed by atoms with Crippen LogP contribution in [0.15, 0.2) is 0 Å². The van der Waals surface area contributed by atoms with Crippen molar-refractivity contribution >= 4 is 11.9 Å². The molecule has 4 fully saturated rings. The highest BCUT2D eigenvalue weighted by atomic mass is 16.5. The molecule has 6 heteroatoms. The van der Waals surface area contributed by atoms with Crippen LogP contribution in [0.1, 0.15) is 38.5 Å². The second-order valence-electron chi connectivity index (χ2n) is 6.11. The Morgan fingerprint density at radius 1 is 0.750 bits per heavy atom. The maximum atomic E-state index is 10.5. The predicted octanol–water partition coefficient (Wildman–Crippen LogP) is 1.28. The zero-order valence-electron chi connectivity index (χ0n) is 11.2. The highest BCUT2D eigenvalue weighted by Crippen LogP contribution is 2.39. The Morgan fingerprint density at radius 2 is 1.15 bits per heavy atom. The molecule has 4 rings (SSSR count). The molecule has 4 heterocycles. The number of fused-ring (bicyclic) bond motifs is 4. The molecule has 0 aromatic rings. The lowest BCUT2D eigenvalue weighted by Crippen LogP contribution is -2.24. The van der Waals surface area contributed by atoms with Gasteiger partial charge in [0.15, 0.2) is 0 Å². The van der Waals surface area contributed by atoms with Gasteiger partial charge in [0.1, 0.15) is 0 Å². The van der Waals surface area contributed by atoms with Crippen LogP contribution in [0.5, 0.6) is 0 Å². The Hall–Kier alpha value is -1.14. The summed E-state index contributed by atoms with van der Waals surface area (Å²) < 4.78 is 10.7. The van der Waals surface area contributed by atoms with Crippen molar-refractivity contribution in [3.05, 3.63) is 0 Å². The smallest absolute Gasteiger partial charge is 0.309 e. The number of hydrogen-bond acceptors (Lipinski definition) is 4. The van der Waals surface area contributed by atoms with E-state index in [9.17, 15) is 9.59 Å². The van der Waals surface area contributed by atoms with Gasteiger partial charge < -0.3 is 19.7 Å². The van der Waals surface area contributed by atoms with Crippen LogP contribution in [0.4, 0.5) is 0 Å². The van der Waals surface area contributed by atoms with Crippen LogP contribution in [-0.4, -0.2) is 46.6 Å². The molecule has 0 aromatic carbocycles. The summed E-state index contributed by atoms with van der Waals surface area (Å²) >= 11 is 0. The van der Waals surface area contributed by atoms with Gasteiger partial charge in [-0.15, -0.1) is 0 Å². The number of ether oxygens (including phenoxy) is 2. The Bertz CT molecular complexity index is 370. The summed E-state index contributed by atoms with van der Waals surface area (Å²) in [5.41, 5.74) is 0. The molecular formula is C14H20O6. The van der Waals surface area contributed by atoms with Gasteiger partial charge in [-0.1, -0.05) is 0 Å². The molecule has 0 radical (unpaired) electrons. The molecule has 0 aromatic heterocycles. The second-order valence-corrected chi connectivity index (χ2v) is 6.11. The first-order chi connectivity index (χ1) is 9.54. The van der Waals surface area contributed by atoms with Crippen molar-refractivity contribution in [1.29, 1.82) is 0 Å². The molecule has 0 spiro atoms. The van der Waals surface area contributed by atoms with Crippen molar-refractivity contribution in [3.8, 4) is 0 Å². The number of aliphatic carboxylic acids is 2. The van der Waals surface area contributed by atoms with Crippen LogP contribution in [0.2, 0.25) is 0 Å². The van der Waals surface area contributed by atoms with Crippen molar-refractivity contribution in [2.24, 2.45) is 11.8 Å². The molecule has 6 atom stereocenters. The largest absolute Gasteiger partial charge is 0.481 e. The normalized spacial score (nSPS) is 44.2. The van der Waals surface area contributed by atoms with Crippen molar-refractivity contribution < 1.29 is 29.3 Å². The van der Waals surface area contributed by atoms with Crippen molar-refractivity contribution in [2.45, 2.75) is 62.9 Å². The number of hydrogen-bond donors (Lipinski definition) is 2. The van der Waals surface area contributed by atoms with E-state index in [1.54, 1.807) is 0 Å². The SMILES string of the molecule is O=C(O)C1CC2CCC1O2.O=C(O)C1CC2CCC1O2. The lowest BCUT2D eigenvalue weighted by Gasteiger charge is -2.12. The highest BCUT2D eigenvalue weighted by Gasteiger charge is 2.45. The Labute approximate surface area is 117 Å². The van der Waals surface area contributed by atoms with E-state index in [4.69, 9.17) is 19.7 Å². The van der Waals surface area contributed by atoms with Crippen molar-refractivity contribution in [1.82, 2.24) is 0 Å². The molecule has 4 bridgehead atoms. The van der Waals surface area contributed by atoms with E-state index in [1.807, 2.05) is 0 Å². The van der Waals surface area contributed by atoms with Crippen LogP contribution in [0.25, 0.3) is 0 Å². The van der Waals surface area contributed by atoms with Gasteiger partial charge in [-0.05, 0) is 38.5 Å². The Kier molecular flexibility index (Phi) is 3.69. The predicted molar refractivity (Wildman–Crippen MR) is 67.3 cm³/mol. The van der Waals surface area contributed by atoms with Crippen LogP contribution in [-0.2, 0) is 19.1 Å². The van der Waals surface area contributed by atoms with Crippen LogP contribution < -0.4 is 0 Å². The minimum Gasteiger partial charge on any atom is -0.481 e. The summed E-state index contributed by atoms with van der Waals surface area (Å²) in [6, 6.07) is 0. The van der Waals surface area contributed by atoms with Crippen molar-refractivity contribution in [3.63, 3.8) is 0 Å². The maximum Gasteiger partial charge on any atom is 0.309 e. The zero-order chi connectivity index (χ0) is 14.3. The number of carboxylic acid groups (broad SMARTS) is 2. The number of carbonyl (C=O) groups is 2. The summed E-state index contributed by atoms with van der Waals surface area (Å²) in [6.07, 6.45) is 6.06. The molecule has 4 aliphatic rings. The minimum absolute atomic E-state index is 0.0301. The van der Waals surface area contributed by atoms with E-state index in [0.717, 1.165) is 38.5 Å². The van der Waals surface area contributed by atoms with Gasteiger partial charge in [-0.2, -0.15) is 0 Å². The lowest BCUT2D eigenvalue weighted by atomic mass is 9.89. The molecule has 20 heavy (non-hydrogen) atoms. The van der Waals surface area contributed by atoms with Gasteiger partial charge in [-0.25, -0.2) is 0 Å². The van der Waals surface area contributed by atoms with Crippen LogP contribution in [0.3, 0.4) is 0 Å². The summed E-state index contributed by atoms with van der Waals surface area (Å²) in [4.78, 5) is 21.0. The van der Waals surface area contributed by atoms with Gasteiger partial charge in [0.05, 0.1) is 36.3 Å². The molecule has 0 aliphatic carbocycles. The van der Waals surface area contributed by atoms with Crippen LogP contribution >= 0.6 is 0 Å². The molecule has 0 amide bonds. The number of rotatable bonds is 2. The first-order valence-corrected chi connectivity index (χ1v) is 7.31. The van der Waals surface area contributed by atoms with Crippen molar-refractivity contribution in [2.75, 3.05) is 0 Å². The number of carboxylic acids is 2. The fourth-order valence-corrected chi connectivity index (χ4v) is 3.80. The molecule has 4 saturated heterocycles. The fraction of sp³-hybridized carbons (Fsp3) is 0.857. The first kappa shape index (κ1) is 13.8. The van der Waals surface area contributed by atoms with Crippen LogP contribution in [0, 0.1) is 11.8 Å². The molecule has 0 saturated carbocycles. The molecule has 112 valence electrons. The monoisotopic (exact) mass is 284 g/mol. The van der Waals surface area contributed by atoms with Gasteiger partial charge in [-0.3, -0.25) is 9.59 Å². The summed E-state index contributed by atoms with van der Waals surface area (Å²) in [5, 5.41) is 17.3. The third kappa shape index (κ3) is 2.54. The van der Waals surface area contributed by atoms with Gasteiger partial charge >= 0.3 is 11.9 Å². The zero-order valence-corrected chi connectivity index (χ0v) is 11.2. The average Bonchev–Trinajstić information content (AvgIpc) is 3.18. The second kappa shape index (κ2) is 5.33. The van der Waals surface area contributed by atoms with E-state index >= 15 is 0 Å². The average molecular weight is 284 g/mol. The maximum absolute atomic E-state index is 10.5. The third-order valence-electron chi connectivity index (χ3n) is 4.85. The first-order valence-electron chi connectivity index (χ1n) is 7.31. The Morgan fingerprint density at radius 3 is 1.30 bits per heavy atom. The molecule has 4 aliphatic heterocycles. The van der Waals surface area contributed by atoms with E-state index in [-0.39, 0.29) is 36.3 Å². The summed E-state index contributed by atoms with van der Waals surface area (Å²) in [7, 11) is 0. The van der Waals surface area contributed by atoms with E-state index < -0.39 is 11.9 Å². The van der Waals surface area contributed by atoms with Gasteiger partial charge in [0.2, 0.25) is 0 Å². The van der Waals surface area contributed by atoms with Gasteiger partial charge in [0.25, 0.3) is 0 Å². The molecular weight excluding hydrogens is 264 g/mol. The lowest BCUT2D eigenvalue weighted by molar-refractivity contribution is -0.144. The van der Waals surface area contributed by atoms with E-state index in [2.05, 4.69) is 0 Å². The summed E-state index contributed by atoms with van der Waals surface area (Å²) in [6.45, 7) is 0. The molecule has 6 unspecified atom stereocenters. The Balaban J connectivity index is 0.000000121. The summed E-state index contributed by atoms with van der Waals surface area (Å²) in [5.74, 6) is -1.79. The highest BCUT2D eigenvalue weighted by molar-refractivity contribution is 5.71. The van der Waals surface area contributed by atoms with Gasteiger partial charge in [0, 0.05) is 0 Å². The minimum atomic E-state index is -0.688. The van der Waals surface area contributed by atoms with E-state index in [1.165, 1.54) is 0 Å². The molecule has 6 nitrogen and oxygen atoms in total. The standard InChI is InChI=1S/2C7H10O3/c2*8-7(9)5-3-4-1-2-6(5)10-4/h2*4-6H,1-3H2,(H,8,9). The molecule has 2 N–H and O–H groups in total. The third-order valence-corrected chi connectivity index (χ3v) is 4.85.